The number of piperazine rings is 1. The van der Waals surface area contributed by atoms with Crippen molar-refractivity contribution in [1.82, 2.24) is 20.2 Å². The first-order valence-corrected chi connectivity index (χ1v) is 12.5. The van der Waals surface area contributed by atoms with E-state index in [2.05, 4.69) is 27.2 Å². The molecule has 0 bridgehead atoms. The fraction of sp³-hybridized carbons (Fsp3) is 0.407. The van der Waals surface area contributed by atoms with Crippen LogP contribution in [0.3, 0.4) is 0 Å². The number of aryl methyl sites for hydroxylation is 1. The second kappa shape index (κ2) is 7.31. The monoisotopic (exact) mass is 472 g/mol. The molecule has 2 fully saturated rings. The van der Waals surface area contributed by atoms with Gasteiger partial charge in [-0.05, 0) is 62.1 Å². The summed E-state index contributed by atoms with van der Waals surface area (Å²) < 4.78 is 15.3. The third-order valence-electron chi connectivity index (χ3n) is 8.41. The Balaban J connectivity index is 1.29. The van der Waals surface area contributed by atoms with Gasteiger partial charge in [-0.2, -0.15) is 0 Å². The number of nitrogens with two attached hydrogens (primary N) is 1. The molecule has 35 heavy (non-hydrogen) atoms. The van der Waals surface area contributed by atoms with E-state index in [1.54, 1.807) is 6.07 Å². The van der Waals surface area contributed by atoms with Crippen molar-refractivity contribution in [2.45, 2.75) is 31.1 Å². The number of aromatic amines is 1. The number of fused-ring (bicyclic) bond motifs is 6. The van der Waals surface area contributed by atoms with Crippen LogP contribution in [0.1, 0.15) is 40.0 Å². The number of carbonyl (C=O) groups excluding carboxylic acids is 1. The van der Waals surface area contributed by atoms with Crippen molar-refractivity contribution in [3.8, 4) is 22.5 Å². The standard InChI is InChI=1S/C27H29FN6O/c1-33-6-8-34(9-7-33)24-19(28)10-16(11-20(24)29)21-12-18-15(13-30-21)2-3-17-22-25(32-23(17)18)27(4-5-27)14-31-26(22)35/h10-13,32H,2-9,14,29H2,1H3,(H,31,35). The zero-order valence-electron chi connectivity index (χ0n) is 19.9. The highest BCUT2D eigenvalue weighted by Crippen LogP contribution is 2.52. The second-order valence-electron chi connectivity index (χ2n) is 10.6. The lowest BCUT2D eigenvalue weighted by molar-refractivity contribution is 0.0936. The average molecular weight is 473 g/mol. The lowest BCUT2D eigenvalue weighted by Gasteiger charge is -2.35. The quantitative estimate of drug-likeness (QED) is 0.499. The number of nitrogens with one attached hydrogen (secondary N) is 2. The van der Waals surface area contributed by atoms with Crippen molar-refractivity contribution in [3.63, 3.8) is 0 Å². The van der Waals surface area contributed by atoms with Crippen LogP contribution in [0.4, 0.5) is 15.8 Å². The number of rotatable bonds is 2. The number of carbonyl (C=O) groups is 1. The van der Waals surface area contributed by atoms with Gasteiger partial charge in [-0.3, -0.25) is 9.78 Å². The summed E-state index contributed by atoms with van der Waals surface area (Å²) in [5.74, 6) is -0.283. The van der Waals surface area contributed by atoms with Gasteiger partial charge in [-0.1, -0.05) is 0 Å². The Morgan fingerprint density at radius 3 is 2.66 bits per heavy atom. The first kappa shape index (κ1) is 20.9. The smallest absolute Gasteiger partial charge is 0.253 e. The first-order valence-electron chi connectivity index (χ1n) is 12.5. The number of halogens is 1. The summed E-state index contributed by atoms with van der Waals surface area (Å²) in [6, 6.07) is 5.41. The van der Waals surface area contributed by atoms with Gasteiger partial charge in [0, 0.05) is 61.2 Å². The van der Waals surface area contributed by atoms with Crippen molar-refractivity contribution < 1.29 is 9.18 Å². The molecule has 7 nitrogen and oxygen atoms in total. The topological polar surface area (TPSA) is 90.3 Å². The number of hydrogen-bond acceptors (Lipinski definition) is 5. The zero-order chi connectivity index (χ0) is 23.9. The van der Waals surface area contributed by atoms with Crippen LogP contribution in [-0.2, 0) is 18.3 Å². The lowest BCUT2D eigenvalue weighted by atomic mass is 9.86. The third-order valence-corrected chi connectivity index (χ3v) is 8.41. The number of aromatic nitrogens is 2. The number of nitrogens with zero attached hydrogens (tertiary/aromatic N) is 3. The van der Waals surface area contributed by atoms with Crippen molar-refractivity contribution in [2.75, 3.05) is 50.4 Å². The lowest BCUT2D eigenvalue weighted by Crippen LogP contribution is -2.45. The highest BCUT2D eigenvalue weighted by atomic mass is 19.1. The minimum Gasteiger partial charge on any atom is -0.397 e. The molecule has 2 aliphatic heterocycles. The molecule has 4 aliphatic rings. The summed E-state index contributed by atoms with van der Waals surface area (Å²) in [5.41, 5.74) is 15.0. The van der Waals surface area contributed by atoms with E-state index in [1.165, 1.54) is 0 Å². The second-order valence-corrected chi connectivity index (χ2v) is 10.6. The van der Waals surface area contributed by atoms with E-state index in [0.29, 0.717) is 29.2 Å². The summed E-state index contributed by atoms with van der Waals surface area (Å²) in [6.45, 7) is 3.99. The van der Waals surface area contributed by atoms with Crippen molar-refractivity contribution in [2.24, 2.45) is 0 Å². The van der Waals surface area contributed by atoms with Crippen molar-refractivity contribution >= 4 is 17.3 Å². The first-order chi connectivity index (χ1) is 16.9. The van der Waals surface area contributed by atoms with E-state index in [-0.39, 0.29) is 17.1 Å². The van der Waals surface area contributed by atoms with E-state index in [1.807, 2.05) is 23.2 Å². The molecule has 1 amide bonds. The normalized spacial score (nSPS) is 20.3. The molecule has 0 radical (unpaired) electrons. The minimum atomic E-state index is -0.313. The summed E-state index contributed by atoms with van der Waals surface area (Å²) in [7, 11) is 2.07. The largest absolute Gasteiger partial charge is 0.397 e. The number of likely N-dealkylation sites (N-methyl/N-ethyl adjacent to an activating group) is 1. The Morgan fingerprint density at radius 2 is 1.91 bits per heavy atom. The molecule has 1 saturated heterocycles. The van der Waals surface area contributed by atoms with Crippen LogP contribution in [0.15, 0.2) is 24.4 Å². The van der Waals surface area contributed by atoms with Gasteiger partial charge in [0.15, 0.2) is 0 Å². The molecule has 3 aromatic rings. The van der Waals surface area contributed by atoms with Crippen LogP contribution in [-0.4, -0.2) is 60.5 Å². The molecule has 7 rings (SSSR count). The van der Waals surface area contributed by atoms with Crippen LogP contribution in [0.5, 0.6) is 0 Å². The number of benzene rings is 1. The van der Waals surface area contributed by atoms with Crippen molar-refractivity contribution in [3.05, 3.63) is 52.6 Å². The average Bonchev–Trinajstić information content (AvgIpc) is 3.51. The fourth-order valence-electron chi connectivity index (χ4n) is 6.14. The van der Waals surface area contributed by atoms with Gasteiger partial charge >= 0.3 is 0 Å². The van der Waals surface area contributed by atoms with E-state index in [4.69, 9.17) is 5.73 Å². The Hall–Kier alpha value is -3.39. The molecule has 180 valence electrons. The molecule has 1 aromatic carbocycles. The molecular formula is C27H29FN6O. The Morgan fingerprint density at radius 1 is 1.11 bits per heavy atom. The fourth-order valence-corrected chi connectivity index (χ4v) is 6.14. The molecule has 1 saturated carbocycles. The van der Waals surface area contributed by atoms with E-state index in [9.17, 15) is 4.79 Å². The maximum atomic E-state index is 15.3. The van der Waals surface area contributed by atoms with Gasteiger partial charge in [0.2, 0.25) is 0 Å². The maximum absolute atomic E-state index is 15.3. The number of amides is 1. The molecule has 2 aromatic heterocycles. The van der Waals surface area contributed by atoms with Gasteiger partial charge in [-0.15, -0.1) is 0 Å². The summed E-state index contributed by atoms with van der Waals surface area (Å²) in [5, 5.41) is 3.10. The maximum Gasteiger partial charge on any atom is 0.253 e. The number of nitrogen functional groups attached to an aromatic ring is 1. The minimum absolute atomic E-state index is 0.0297. The highest BCUT2D eigenvalue weighted by Gasteiger charge is 2.51. The summed E-state index contributed by atoms with van der Waals surface area (Å²) >= 11 is 0. The van der Waals surface area contributed by atoms with Gasteiger partial charge in [0.05, 0.1) is 28.3 Å². The molecule has 8 heteroatoms. The molecule has 0 atom stereocenters. The molecular weight excluding hydrogens is 443 g/mol. The number of pyridine rings is 1. The SMILES string of the molecule is CN1CCN(c2c(N)cc(-c3cc4c(cn3)CCc3c-4[nH]c4c3C(=O)NCC43CC3)cc2F)CC1. The number of H-pyrrole nitrogens is 1. The van der Waals surface area contributed by atoms with Crippen LogP contribution in [0, 0.1) is 5.82 Å². The van der Waals surface area contributed by atoms with Crippen LogP contribution < -0.4 is 16.0 Å². The van der Waals surface area contributed by atoms with Gasteiger partial charge in [0.25, 0.3) is 5.91 Å². The molecule has 0 unspecified atom stereocenters. The summed E-state index contributed by atoms with van der Waals surface area (Å²) in [4.78, 5) is 25.4. The molecule has 4 heterocycles. The van der Waals surface area contributed by atoms with Gasteiger partial charge < -0.3 is 25.8 Å². The zero-order valence-corrected chi connectivity index (χ0v) is 19.9. The van der Waals surface area contributed by atoms with Crippen LogP contribution >= 0.6 is 0 Å². The van der Waals surface area contributed by atoms with Crippen molar-refractivity contribution in [1.29, 1.82) is 0 Å². The van der Waals surface area contributed by atoms with E-state index < -0.39 is 0 Å². The molecule has 4 N–H and O–H groups in total. The Labute approximate surface area is 203 Å². The van der Waals surface area contributed by atoms with E-state index in [0.717, 1.165) is 85.5 Å². The number of hydrogen-bond donors (Lipinski definition) is 3. The predicted octanol–water partition coefficient (Wildman–Crippen LogP) is 3.09. The number of anilines is 2. The van der Waals surface area contributed by atoms with Crippen LogP contribution in [0.25, 0.3) is 22.5 Å². The van der Waals surface area contributed by atoms with Crippen LogP contribution in [0.2, 0.25) is 0 Å². The molecule has 1 spiro atoms. The third kappa shape index (κ3) is 3.12. The van der Waals surface area contributed by atoms with Gasteiger partial charge in [-0.25, -0.2) is 4.39 Å². The predicted molar refractivity (Wildman–Crippen MR) is 134 cm³/mol. The summed E-state index contributed by atoms with van der Waals surface area (Å²) in [6.07, 6.45) is 5.75. The van der Waals surface area contributed by atoms with Gasteiger partial charge in [0.1, 0.15) is 5.82 Å². The van der Waals surface area contributed by atoms with E-state index >= 15 is 4.39 Å². The molecule has 2 aliphatic carbocycles. The Kier molecular flexibility index (Phi) is 4.37. The highest BCUT2D eigenvalue weighted by molar-refractivity contribution is 6.01. The Bertz CT molecular complexity index is 1360.